The normalized spacial score (nSPS) is 13.3. The van der Waals surface area contributed by atoms with Gasteiger partial charge in [0.05, 0.1) is 17.7 Å². The molecule has 0 radical (unpaired) electrons. The summed E-state index contributed by atoms with van der Waals surface area (Å²) in [7, 11) is 0. The molecule has 2 aromatic carbocycles. The number of carbonyl (C=O) groups excluding carboxylic acids is 2. The van der Waals surface area contributed by atoms with Crippen LogP contribution in [0.5, 0.6) is 0 Å². The number of carbonyl (C=O) groups is 3. The molecule has 1 N–H and O–H groups in total. The van der Waals surface area contributed by atoms with Gasteiger partial charge in [-0.25, -0.2) is 0 Å². The fourth-order valence-electron chi connectivity index (χ4n) is 2.73. The van der Waals surface area contributed by atoms with Crippen LogP contribution in [-0.4, -0.2) is 29.3 Å². The van der Waals surface area contributed by atoms with Crippen LogP contribution in [0.1, 0.15) is 21.5 Å². The van der Waals surface area contributed by atoms with Gasteiger partial charge in [-0.2, -0.15) is 0 Å². The molecule has 2 aromatic rings. The first-order chi connectivity index (χ1) is 11.1. The lowest BCUT2D eigenvalue weighted by molar-refractivity contribution is -0.136. The monoisotopic (exact) mass is 309 g/mol. The minimum Gasteiger partial charge on any atom is -0.481 e. The molecule has 5 nitrogen and oxygen atoms in total. The molecule has 0 unspecified atom stereocenters. The van der Waals surface area contributed by atoms with Gasteiger partial charge in [-0.15, -0.1) is 0 Å². The fourth-order valence-corrected chi connectivity index (χ4v) is 2.73. The molecule has 0 atom stereocenters. The highest BCUT2D eigenvalue weighted by Gasteiger charge is 2.35. The van der Waals surface area contributed by atoms with Crippen molar-refractivity contribution in [2.75, 3.05) is 11.4 Å². The Balaban J connectivity index is 1.86. The van der Waals surface area contributed by atoms with Crippen molar-refractivity contribution in [3.63, 3.8) is 0 Å². The van der Waals surface area contributed by atoms with Gasteiger partial charge in [0.2, 0.25) is 0 Å². The number of fused-ring (bicyclic) bond motifs is 1. The van der Waals surface area contributed by atoms with Crippen LogP contribution in [-0.2, 0) is 22.4 Å². The Labute approximate surface area is 133 Å². The van der Waals surface area contributed by atoms with Crippen LogP contribution in [0.3, 0.4) is 0 Å². The Morgan fingerprint density at radius 2 is 1.74 bits per heavy atom. The molecule has 116 valence electrons. The summed E-state index contributed by atoms with van der Waals surface area (Å²) in [4.78, 5) is 36.5. The highest BCUT2D eigenvalue weighted by molar-refractivity contribution is 6.52. The Morgan fingerprint density at radius 1 is 1.00 bits per heavy atom. The van der Waals surface area contributed by atoms with E-state index in [0.717, 1.165) is 5.56 Å². The summed E-state index contributed by atoms with van der Waals surface area (Å²) in [5, 5.41) is 8.89. The summed E-state index contributed by atoms with van der Waals surface area (Å²) in [6.45, 7) is 0.387. The maximum absolute atomic E-state index is 12.2. The number of rotatable bonds is 5. The lowest BCUT2D eigenvalue weighted by Gasteiger charge is -2.17. The molecule has 0 saturated carbocycles. The number of benzene rings is 2. The summed E-state index contributed by atoms with van der Waals surface area (Å²) < 4.78 is 0. The molecule has 0 aromatic heterocycles. The molecule has 5 heteroatoms. The Hall–Kier alpha value is -2.95. The van der Waals surface area contributed by atoms with Crippen molar-refractivity contribution in [1.29, 1.82) is 0 Å². The topological polar surface area (TPSA) is 74.7 Å². The molecule has 1 amide bonds. The summed E-state index contributed by atoms with van der Waals surface area (Å²) in [6.07, 6.45) is 0.491. The van der Waals surface area contributed by atoms with Crippen LogP contribution in [0, 0.1) is 0 Å². The highest BCUT2D eigenvalue weighted by atomic mass is 16.4. The van der Waals surface area contributed by atoms with E-state index in [1.165, 1.54) is 11.0 Å². The second kappa shape index (κ2) is 6.04. The van der Waals surface area contributed by atoms with Crippen LogP contribution in [0.2, 0.25) is 0 Å². The van der Waals surface area contributed by atoms with Gasteiger partial charge in [-0.1, -0.05) is 36.4 Å². The van der Waals surface area contributed by atoms with E-state index < -0.39 is 17.7 Å². The van der Waals surface area contributed by atoms with Crippen molar-refractivity contribution in [2.24, 2.45) is 0 Å². The molecule has 0 saturated heterocycles. The van der Waals surface area contributed by atoms with E-state index in [1.807, 2.05) is 30.3 Å². The zero-order chi connectivity index (χ0) is 16.4. The standard InChI is InChI=1S/C18H15NO4/c20-16(21)11-13-6-7-14-15(10-13)19(18(23)17(14)22)9-8-12-4-2-1-3-5-12/h1-7,10H,8-9,11H2,(H,20,21). The van der Waals surface area contributed by atoms with E-state index in [0.29, 0.717) is 29.8 Å². The molecular weight excluding hydrogens is 294 g/mol. The number of hydrogen-bond acceptors (Lipinski definition) is 3. The van der Waals surface area contributed by atoms with Crippen LogP contribution >= 0.6 is 0 Å². The SMILES string of the molecule is O=C(O)Cc1ccc2c(c1)N(CCc1ccccc1)C(=O)C2=O. The third kappa shape index (κ3) is 2.99. The number of nitrogens with zero attached hydrogens (tertiary/aromatic N) is 1. The second-order valence-electron chi connectivity index (χ2n) is 5.44. The Kier molecular flexibility index (Phi) is 3.93. The number of aliphatic carboxylic acids is 1. The number of carboxylic acids is 1. The minimum absolute atomic E-state index is 0.137. The predicted molar refractivity (Wildman–Crippen MR) is 84.6 cm³/mol. The summed E-state index contributed by atoms with van der Waals surface area (Å²) in [5.41, 5.74) is 2.50. The van der Waals surface area contributed by atoms with E-state index in [4.69, 9.17) is 5.11 Å². The quantitative estimate of drug-likeness (QED) is 0.858. The lowest BCUT2D eigenvalue weighted by atomic mass is 10.1. The molecule has 1 heterocycles. The number of amides is 1. The van der Waals surface area contributed by atoms with Gasteiger partial charge in [0.1, 0.15) is 0 Å². The zero-order valence-corrected chi connectivity index (χ0v) is 12.4. The van der Waals surface area contributed by atoms with E-state index in [1.54, 1.807) is 12.1 Å². The number of hydrogen-bond donors (Lipinski definition) is 1. The highest BCUT2D eigenvalue weighted by Crippen LogP contribution is 2.30. The van der Waals surface area contributed by atoms with Crippen molar-refractivity contribution in [1.82, 2.24) is 0 Å². The lowest BCUT2D eigenvalue weighted by Crippen LogP contribution is -2.31. The van der Waals surface area contributed by atoms with E-state index >= 15 is 0 Å². The number of ketones is 1. The molecule has 0 spiro atoms. The number of anilines is 1. The van der Waals surface area contributed by atoms with Gasteiger partial charge < -0.3 is 10.0 Å². The van der Waals surface area contributed by atoms with Crippen molar-refractivity contribution in [3.8, 4) is 0 Å². The molecule has 3 rings (SSSR count). The van der Waals surface area contributed by atoms with Crippen LogP contribution < -0.4 is 4.90 Å². The minimum atomic E-state index is -0.948. The van der Waals surface area contributed by atoms with Crippen LogP contribution in [0.15, 0.2) is 48.5 Å². The first-order valence-electron chi connectivity index (χ1n) is 7.31. The van der Waals surface area contributed by atoms with Crippen molar-refractivity contribution in [3.05, 3.63) is 65.2 Å². The van der Waals surface area contributed by atoms with E-state index in [9.17, 15) is 14.4 Å². The Morgan fingerprint density at radius 3 is 2.43 bits per heavy atom. The average molecular weight is 309 g/mol. The van der Waals surface area contributed by atoms with Gasteiger partial charge in [-0.05, 0) is 29.7 Å². The maximum atomic E-state index is 12.2. The smallest absolute Gasteiger partial charge is 0.307 e. The molecule has 23 heavy (non-hydrogen) atoms. The summed E-state index contributed by atoms with van der Waals surface area (Å²) in [6, 6.07) is 14.4. The van der Waals surface area contributed by atoms with Gasteiger partial charge >= 0.3 is 5.97 Å². The van der Waals surface area contributed by atoms with Crippen molar-refractivity contribution >= 4 is 23.3 Å². The number of carboxylic acid groups (broad SMARTS) is 1. The Bertz CT molecular complexity index is 783. The van der Waals surface area contributed by atoms with E-state index in [2.05, 4.69) is 0 Å². The first kappa shape index (κ1) is 15.0. The summed E-state index contributed by atoms with van der Waals surface area (Å²) in [5.74, 6) is -2.03. The molecule has 0 bridgehead atoms. The molecule has 1 aliphatic rings. The predicted octanol–water partition coefficient (Wildman–Crippen LogP) is 2.09. The molecule has 0 fully saturated rings. The van der Waals surface area contributed by atoms with Crippen LogP contribution in [0.25, 0.3) is 0 Å². The van der Waals surface area contributed by atoms with Gasteiger partial charge in [0.25, 0.3) is 11.7 Å². The van der Waals surface area contributed by atoms with Crippen LogP contribution in [0.4, 0.5) is 5.69 Å². The second-order valence-corrected chi connectivity index (χ2v) is 5.44. The molecular formula is C18H15NO4. The van der Waals surface area contributed by atoms with Crippen molar-refractivity contribution < 1.29 is 19.5 Å². The van der Waals surface area contributed by atoms with E-state index in [-0.39, 0.29) is 6.42 Å². The number of Topliss-reactive ketones (excluding diaryl/α,β-unsaturated/α-hetero) is 1. The third-order valence-electron chi connectivity index (χ3n) is 3.86. The van der Waals surface area contributed by atoms with Gasteiger partial charge in [0, 0.05) is 6.54 Å². The van der Waals surface area contributed by atoms with Crippen molar-refractivity contribution in [2.45, 2.75) is 12.8 Å². The average Bonchev–Trinajstić information content (AvgIpc) is 2.77. The van der Waals surface area contributed by atoms with Gasteiger partial charge in [-0.3, -0.25) is 14.4 Å². The largest absolute Gasteiger partial charge is 0.481 e. The summed E-state index contributed by atoms with van der Waals surface area (Å²) >= 11 is 0. The maximum Gasteiger partial charge on any atom is 0.307 e. The van der Waals surface area contributed by atoms with Gasteiger partial charge in [0.15, 0.2) is 0 Å². The third-order valence-corrected chi connectivity index (χ3v) is 3.86. The fraction of sp³-hybridized carbons (Fsp3) is 0.167. The zero-order valence-electron chi connectivity index (χ0n) is 12.4. The molecule has 1 aliphatic heterocycles. The molecule has 0 aliphatic carbocycles. The first-order valence-corrected chi connectivity index (χ1v) is 7.31.